The Labute approximate surface area is 122 Å². The number of nitrogens with zero attached hydrogens (tertiary/aromatic N) is 1. The van der Waals surface area contributed by atoms with Crippen molar-refractivity contribution in [2.75, 3.05) is 6.54 Å². The minimum Gasteiger partial charge on any atom is -0.404 e. The average molecular weight is 345 g/mol. The Hall–Kier alpha value is -1.18. The molecular weight excluding hydrogens is 332 g/mol. The number of thiophene rings is 1. The minimum atomic E-state index is -0.524. The molecule has 1 N–H and O–H groups in total. The third-order valence-electron chi connectivity index (χ3n) is 2.58. The van der Waals surface area contributed by atoms with Crippen molar-refractivity contribution >= 4 is 33.2 Å². The summed E-state index contributed by atoms with van der Waals surface area (Å²) in [5.74, 6) is 0.328. The zero-order valence-electron chi connectivity index (χ0n) is 10.3. The SMILES string of the molecule is CCCNC(c1ccc([N+](=O)[O-])o1)c1sccc1Br. The molecule has 102 valence electrons. The van der Waals surface area contributed by atoms with Gasteiger partial charge in [0.25, 0.3) is 0 Å². The maximum absolute atomic E-state index is 10.7. The Bertz CT molecular complexity index is 567. The first kappa shape index (κ1) is 14.2. The summed E-state index contributed by atoms with van der Waals surface area (Å²) in [6.45, 7) is 2.88. The molecule has 0 bridgehead atoms. The molecule has 0 aromatic carbocycles. The Morgan fingerprint density at radius 3 is 2.84 bits per heavy atom. The van der Waals surface area contributed by atoms with Gasteiger partial charge in [0, 0.05) is 9.35 Å². The zero-order valence-corrected chi connectivity index (χ0v) is 12.7. The fourth-order valence-electron chi connectivity index (χ4n) is 1.72. The largest absolute Gasteiger partial charge is 0.433 e. The standard InChI is InChI=1S/C12H13BrN2O3S/c1-2-6-14-11(12-8(13)5-7-19-12)9-3-4-10(18-9)15(16)17/h3-5,7,11,14H,2,6H2,1H3. The van der Waals surface area contributed by atoms with Gasteiger partial charge in [-0.2, -0.15) is 0 Å². The number of hydrogen-bond acceptors (Lipinski definition) is 5. The van der Waals surface area contributed by atoms with Gasteiger partial charge in [0.05, 0.1) is 6.07 Å². The van der Waals surface area contributed by atoms with E-state index in [1.165, 1.54) is 6.07 Å². The lowest BCUT2D eigenvalue weighted by atomic mass is 10.2. The quantitative estimate of drug-likeness (QED) is 0.632. The molecule has 1 unspecified atom stereocenters. The van der Waals surface area contributed by atoms with Crippen LogP contribution in [-0.2, 0) is 0 Å². The molecule has 0 saturated carbocycles. The first-order valence-electron chi connectivity index (χ1n) is 5.84. The van der Waals surface area contributed by atoms with Gasteiger partial charge in [0.15, 0.2) is 0 Å². The van der Waals surface area contributed by atoms with Gasteiger partial charge in [0.2, 0.25) is 0 Å². The minimum absolute atomic E-state index is 0.164. The molecule has 0 aliphatic rings. The van der Waals surface area contributed by atoms with Gasteiger partial charge in [-0.3, -0.25) is 10.1 Å². The smallest absolute Gasteiger partial charge is 0.404 e. The van der Waals surface area contributed by atoms with Crippen LogP contribution in [0.5, 0.6) is 0 Å². The van der Waals surface area contributed by atoms with Crippen molar-refractivity contribution in [3.8, 4) is 0 Å². The summed E-state index contributed by atoms with van der Waals surface area (Å²) in [6.07, 6.45) is 0.975. The molecule has 1 atom stereocenters. The van der Waals surface area contributed by atoms with Crippen LogP contribution in [0.1, 0.15) is 30.0 Å². The molecular formula is C12H13BrN2O3S. The highest BCUT2D eigenvalue weighted by Gasteiger charge is 2.23. The van der Waals surface area contributed by atoms with Crippen LogP contribution in [0.2, 0.25) is 0 Å². The Morgan fingerprint density at radius 2 is 2.32 bits per heavy atom. The molecule has 5 nitrogen and oxygen atoms in total. The first-order valence-corrected chi connectivity index (χ1v) is 7.51. The van der Waals surface area contributed by atoms with E-state index < -0.39 is 4.92 Å². The van der Waals surface area contributed by atoms with E-state index in [0.717, 1.165) is 22.3 Å². The molecule has 2 aromatic heterocycles. The first-order chi connectivity index (χ1) is 9.13. The molecule has 0 amide bonds. The second kappa shape index (κ2) is 6.31. The van der Waals surface area contributed by atoms with Crippen molar-refractivity contribution < 1.29 is 9.34 Å². The summed E-state index contributed by atoms with van der Waals surface area (Å²) >= 11 is 5.07. The van der Waals surface area contributed by atoms with Crippen LogP contribution in [0.25, 0.3) is 0 Å². The second-order valence-corrected chi connectivity index (χ2v) is 5.76. The van der Waals surface area contributed by atoms with E-state index in [0.29, 0.717) is 5.76 Å². The molecule has 0 saturated heterocycles. The Morgan fingerprint density at radius 1 is 1.53 bits per heavy atom. The summed E-state index contributed by atoms with van der Waals surface area (Å²) in [7, 11) is 0. The van der Waals surface area contributed by atoms with E-state index in [4.69, 9.17) is 4.42 Å². The normalized spacial score (nSPS) is 12.5. The molecule has 0 spiro atoms. The van der Waals surface area contributed by atoms with E-state index in [2.05, 4.69) is 28.2 Å². The zero-order chi connectivity index (χ0) is 13.8. The molecule has 2 rings (SSSR count). The number of rotatable bonds is 6. The van der Waals surface area contributed by atoms with Crippen molar-refractivity contribution in [3.63, 3.8) is 0 Å². The molecule has 19 heavy (non-hydrogen) atoms. The number of halogens is 1. The van der Waals surface area contributed by atoms with Crippen LogP contribution in [0.3, 0.4) is 0 Å². The molecule has 0 radical (unpaired) electrons. The Balaban J connectivity index is 2.31. The highest BCUT2D eigenvalue weighted by molar-refractivity contribution is 9.10. The van der Waals surface area contributed by atoms with E-state index >= 15 is 0 Å². The van der Waals surface area contributed by atoms with Gasteiger partial charge in [-0.1, -0.05) is 6.92 Å². The van der Waals surface area contributed by atoms with E-state index in [1.54, 1.807) is 17.4 Å². The molecule has 7 heteroatoms. The maximum Gasteiger partial charge on any atom is 0.433 e. The van der Waals surface area contributed by atoms with Crippen molar-refractivity contribution in [1.29, 1.82) is 0 Å². The number of furan rings is 1. The van der Waals surface area contributed by atoms with Gasteiger partial charge < -0.3 is 9.73 Å². The number of nitro groups is 1. The van der Waals surface area contributed by atoms with E-state index in [9.17, 15) is 10.1 Å². The van der Waals surface area contributed by atoms with Gasteiger partial charge in [0.1, 0.15) is 16.7 Å². The molecule has 0 aliphatic heterocycles. The number of nitrogens with one attached hydrogen (secondary N) is 1. The third-order valence-corrected chi connectivity index (χ3v) is 4.52. The predicted octanol–water partition coefficient (Wildman–Crippen LogP) is 4.10. The molecule has 2 heterocycles. The fraction of sp³-hybridized carbons (Fsp3) is 0.333. The number of hydrogen-bond donors (Lipinski definition) is 1. The van der Waals surface area contributed by atoms with Crippen LogP contribution in [-0.4, -0.2) is 11.5 Å². The summed E-state index contributed by atoms with van der Waals surface area (Å²) in [6, 6.07) is 4.83. The van der Waals surface area contributed by atoms with Crippen LogP contribution >= 0.6 is 27.3 Å². The van der Waals surface area contributed by atoms with Crippen LogP contribution in [0.4, 0.5) is 5.88 Å². The highest BCUT2D eigenvalue weighted by Crippen LogP contribution is 2.34. The summed E-state index contributed by atoms with van der Waals surface area (Å²) in [5, 5.41) is 16.0. The highest BCUT2D eigenvalue weighted by atomic mass is 79.9. The topological polar surface area (TPSA) is 68.3 Å². The van der Waals surface area contributed by atoms with Crippen molar-refractivity contribution in [1.82, 2.24) is 5.32 Å². The van der Waals surface area contributed by atoms with E-state index in [-0.39, 0.29) is 11.9 Å². The van der Waals surface area contributed by atoms with Gasteiger partial charge >= 0.3 is 5.88 Å². The summed E-state index contributed by atoms with van der Waals surface area (Å²) in [5.41, 5.74) is 0. The lowest BCUT2D eigenvalue weighted by Gasteiger charge is -2.15. The van der Waals surface area contributed by atoms with Crippen LogP contribution in [0.15, 0.2) is 32.5 Å². The van der Waals surface area contributed by atoms with Crippen molar-refractivity contribution in [2.24, 2.45) is 0 Å². The van der Waals surface area contributed by atoms with Gasteiger partial charge in [-0.05, 0) is 46.4 Å². The fourth-order valence-corrected chi connectivity index (χ4v) is 3.40. The summed E-state index contributed by atoms with van der Waals surface area (Å²) in [4.78, 5) is 11.2. The van der Waals surface area contributed by atoms with Gasteiger partial charge in [-0.15, -0.1) is 11.3 Å². The Kier molecular flexibility index (Phi) is 4.73. The average Bonchev–Trinajstić information content (AvgIpc) is 3.00. The monoisotopic (exact) mass is 344 g/mol. The summed E-state index contributed by atoms with van der Waals surface area (Å²) < 4.78 is 6.28. The molecule has 0 aliphatic carbocycles. The van der Waals surface area contributed by atoms with Gasteiger partial charge in [-0.25, -0.2) is 0 Å². The lowest BCUT2D eigenvalue weighted by Crippen LogP contribution is -2.22. The lowest BCUT2D eigenvalue weighted by molar-refractivity contribution is -0.402. The second-order valence-electron chi connectivity index (χ2n) is 3.95. The predicted molar refractivity (Wildman–Crippen MR) is 77.5 cm³/mol. The van der Waals surface area contributed by atoms with Crippen LogP contribution < -0.4 is 5.32 Å². The molecule has 0 fully saturated rings. The third kappa shape index (κ3) is 3.23. The maximum atomic E-state index is 10.7. The van der Waals surface area contributed by atoms with Crippen LogP contribution in [0, 0.1) is 10.1 Å². The van der Waals surface area contributed by atoms with E-state index in [1.807, 2.05) is 11.4 Å². The molecule has 2 aromatic rings. The van der Waals surface area contributed by atoms with Crippen molar-refractivity contribution in [2.45, 2.75) is 19.4 Å². The van der Waals surface area contributed by atoms with Crippen molar-refractivity contribution in [3.05, 3.63) is 48.8 Å².